The molecule has 0 saturated carbocycles. The second-order valence-electron chi connectivity index (χ2n) is 1.96. The summed E-state index contributed by atoms with van der Waals surface area (Å²) in [4.78, 5) is 1.37. The number of thiophene rings is 2. The Morgan fingerprint density at radius 1 is 1.08 bits per heavy atom. The van der Waals surface area contributed by atoms with Crippen molar-refractivity contribution in [2.24, 2.45) is 0 Å². The van der Waals surface area contributed by atoms with Gasteiger partial charge in [-0.25, -0.2) is 0 Å². The monoisotopic (exact) mass is 214 g/mol. The van der Waals surface area contributed by atoms with Crippen molar-refractivity contribution in [3.8, 4) is 0 Å². The molecule has 0 N–H and O–H groups in total. The van der Waals surface area contributed by atoms with Crippen molar-refractivity contribution < 1.29 is 0 Å². The van der Waals surface area contributed by atoms with Gasteiger partial charge >= 0.3 is 0 Å². The van der Waals surface area contributed by atoms with Gasteiger partial charge in [0, 0.05) is 10.3 Å². The van der Waals surface area contributed by atoms with E-state index in [1.807, 2.05) is 22.9 Å². The lowest BCUT2D eigenvalue weighted by Gasteiger charge is -1.78. The summed E-state index contributed by atoms with van der Waals surface area (Å²) in [6.07, 6.45) is 2.09. The van der Waals surface area contributed by atoms with Crippen LogP contribution in [0.1, 0.15) is 0 Å². The molecule has 2 aromatic heterocycles. The minimum atomic E-state index is 1.37. The van der Waals surface area contributed by atoms with Gasteiger partial charge in [-0.15, -0.1) is 11.8 Å². The van der Waals surface area contributed by atoms with Gasteiger partial charge < -0.3 is 0 Å². The Kier molecular flexibility index (Phi) is 5.15. The summed E-state index contributed by atoms with van der Waals surface area (Å²) >= 11 is 5.24. The lowest BCUT2D eigenvalue weighted by molar-refractivity contribution is 1.60. The maximum atomic E-state index is 2.14. The summed E-state index contributed by atoms with van der Waals surface area (Å²) in [5.41, 5.74) is 0. The first-order valence-corrected chi connectivity index (χ1v) is 6.58. The van der Waals surface area contributed by atoms with Gasteiger partial charge in [0.1, 0.15) is 0 Å². The molecule has 0 unspecified atom stereocenters. The lowest BCUT2D eigenvalue weighted by atomic mass is 10.7. The van der Waals surface area contributed by atoms with E-state index < -0.39 is 0 Å². The minimum absolute atomic E-state index is 1.37. The number of hydrogen-bond donors (Lipinski definition) is 0. The number of rotatable bonds is 1. The van der Waals surface area contributed by atoms with Crippen LogP contribution in [0.25, 0.3) is 0 Å². The molecule has 2 aromatic rings. The SMILES string of the molecule is CSc1ccsc1.c1ccsc1. The second-order valence-corrected chi connectivity index (χ2v) is 4.43. The number of hydrogen-bond acceptors (Lipinski definition) is 3. The summed E-state index contributed by atoms with van der Waals surface area (Å²) < 4.78 is 0. The predicted molar refractivity (Wildman–Crippen MR) is 60.4 cm³/mol. The average molecular weight is 214 g/mol. The van der Waals surface area contributed by atoms with Gasteiger partial charge in [0.25, 0.3) is 0 Å². The average Bonchev–Trinajstić information content (AvgIpc) is 2.81. The quantitative estimate of drug-likeness (QED) is 0.641. The maximum absolute atomic E-state index is 2.14. The Hall–Kier alpha value is -0.250. The van der Waals surface area contributed by atoms with E-state index >= 15 is 0 Å². The van der Waals surface area contributed by atoms with E-state index in [1.165, 1.54) is 4.90 Å². The molecule has 3 heteroatoms. The summed E-state index contributed by atoms with van der Waals surface area (Å²) in [6.45, 7) is 0. The summed E-state index contributed by atoms with van der Waals surface area (Å²) in [7, 11) is 0. The van der Waals surface area contributed by atoms with Crippen LogP contribution in [0.4, 0.5) is 0 Å². The molecule has 0 nitrogen and oxygen atoms in total. The van der Waals surface area contributed by atoms with Gasteiger partial charge in [-0.2, -0.15) is 22.7 Å². The smallest absolute Gasteiger partial charge is 0.0176 e. The highest BCUT2D eigenvalue weighted by Gasteiger charge is 1.82. The lowest BCUT2D eigenvalue weighted by Crippen LogP contribution is -1.49. The van der Waals surface area contributed by atoms with E-state index in [2.05, 4.69) is 23.1 Å². The molecule has 0 aliphatic rings. The first kappa shape index (κ1) is 9.84. The van der Waals surface area contributed by atoms with Crippen LogP contribution in [-0.4, -0.2) is 6.26 Å². The molecule has 2 heterocycles. The Balaban J connectivity index is 0.000000127. The fourth-order valence-corrected chi connectivity index (χ4v) is 2.41. The van der Waals surface area contributed by atoms with Crippen LogP contribution in [0, 0.1) is 0 Å². The van der Waals surface area contributed by atoms with E-state index in [0.29, 0.717) is 0 Å². The van der Waals surface area contributed by atoms with Crippen molar-refractivity contribution in [3.63, 3.8) is 0 Å². The Labute approximate surface area is 85.3 Å². The van der Waals surface area contributed by atoms with Gasteiger partial charge in [0.05, 0.1) is 0 Å². The van der Waals surface area contributed by atoms with Crippen LogP contribution < -0.4 is 0 Å². The zero-order valence-corrected chi connectivity index (χ0v) is 9.22. The summed E-state index contributed by atoms with van der Waals surface area (Å²) in [5.74, 6) is 0. The molecule has 0 spiro atoms. The zero-order valence-electron chi connectivity index (χ0n) is 6.77. The third kappa shape index (κ3) is 3.95. The van der Waals surface area contributed by atoms with Crippen LogP contribution in [0.15, 0.2) is 44.6 Å². The molecule has 0 amide bonds. The molecule has 0 radical (unpaired) electrons. The molecule has 0 atom stereocenters. The Morgan fingerprint density at radius 2 is 1.83 bits per heavy atom. The zero-order chi connectivity index (χ0) is 8.65. The normalized spacial score (nSPS) is 8.75. The predicted octanol–water partition coefficient (Wildman–Crippen LogP) is 4.22. The summed E-state index contributed by atoms with van der Waals surface area (Å²) in [5, 5.41) is 8.32. The molecule has 0 aliphatic carbocycles. The molecule has 0 saturated heterocycles. The van der Waals surface area contributed by atoms with Crippen molar-refractivity contribution in [2.45, 2.75) is 4.90 Å². The highest BCUT2D eigenvalue weighted by Crippen LogP contribution is 2.16. The maximum Gasteiger partial charge on any atom is 0.0176 e. The molecule has 0 bridgehead atoms. The third-order valence-electron chi connectivity index (χ3n) is 1.16. The van der Waals surface area contributed by atoms with Crippen molar-refractivity contribution in [1.82, 2.24) is 0 Å². The van der Waals surface area contributed by atoms with Gasteiger partial charge in [-0.3, -0.25) is 0 Å². The van der Waals surface area contributed by atoms with Crippen LogP contribution in [0.2, 0.25) is 0 Å². The molecule has 0 fully saturated rings. The van der Waals surface area contributed by atoms with Crippen LogP contribution in [0.3, 0.4) is 0 Å². The first-order chi connectivity index (χ1) is 5.93. The van der Waals surface area contributed by atoms with Gasteiger partial charge in [-0.05, 0) is 28.5 Å². The van der Waals surface area contributed by atoms with E-state index in [9.17, 15) is 0 Å². The molecular formula is C9H10S3. The molecule has 2 rings (SSSR count). The van der Waals surface area contributed by atoms with Crippen molar-refractivity contribution in [1.29, 1.82) is 0 Å². The number of thioether (sulfide) groups is 1. The fourth-order valence-electron chi connectivity index (χ4n) is 0.595. The van der Waals surface area contributed by atoms with Crippen LogP contribution in [0.5, 0.6) is 0 Å². The molecular weight excluding hydrogens is 204 g/mol. The van der Waals surface area contributed by atoms with Gasteiger partial charge in [0.15, 0.2) is 0 Å². The van der Waals surface area contributed by atoms with Crippen molar-refractivity contribution >= 4 is 34.4 Å². The van der Waals surface area contributed by atoms with E-state index in [-0.39, 0.29) is 0 Å². The molecule has 0 aliphatic heterocycles. The van der Waals surface area contributed by atoms with E-state index in [0.717, 1.165) is 0 Å². The standard InChI is InChI=1S/C5H6S2.C4H4S/c1-6-5-2-3-7-4-5;1-2-4-5-3-1/h2-4H,1H3;1-4H. The molecule has 0 aromatic carbocycles. The van der Waals surface area contributed by atoms with E-state index in [4.69, 9.17) is 0 Å². The van der Waals surface area contributed by atoms with Crippen LogP contribution in [-0.2, 0) is 0 Å². The molecule has 64 valence electrons. The van der Waals surface area contributed by atoms with Crippen molar-refractivity contribution in [3.05, 3.63) is 39.7 Å². The Morgan fingerprint density at radius 3 is 2.08 bits per heavy atom. The topological polar surface area (TPSA) is 0 Å². The Bertz CT molecular complexity index is 241. The van der Waals surface area contributed by atoms with Crippen LogP contribution >= 0.6 is 34.4 Å². The summed E-state index contributed by atoms with van der Waals surface area (Å²) in [6, 6.07) is 6.16. The van der Waals surface area contributed by atoms with Gasteiger partial charge in [-0.1, -0.05) is 12.1 Å². The minimum Gasteiger partial charge on any atom is -0.152 e. The second kappa shape index (κ2) is 6.29. The fraction of sp³-hybridized carbons (Fsp3) is 0.111. The highest BCUT2D eigenvalue weighted by atomic mass is 32.2. The largest absolute Gasteiger partial charge is 0.152 e. The van der Waals surface area contributed by atoms with E-state index in [1.54, 1.807) is 34.4 Å². The van der Waals surface area contributed by atoms with Gasteiger partial charge in [0.2, 0.25) is 0 Å². The highest BCUT2D eigenvalue weighted by molar-refractivity contribution is 7.98. The van der Waals surface area contributed by atoms with Crippen molar-refractivity contribution in [2.75, 3.05) is 6.26 Å². The first-order valence-electron chi connectivity index (χ1n) is 3.47. The third-order valence-corrected chi connectivity index (χ3v) is 3.34. The molecule has 12 heavy (non-hydrogen) atoms.